The first-order chi connectivity index (χ1) is 7.77. The lowest BCUT2D eigenvalue weighted by atomic mass is 10.0. The molecule has 16 heavy (non-hydrogen) atoms. The molecule has 0 radical (unpaired) electrons. The van der Waals surface area contributed by atoms with Crippen molar-refractivity contribution < 1.29 is 4.42 Å². The summed E-state index contributed by atoms with van der Waals surface area (Å²) in [5.41, 5.74) is 8.32. The molecule has 0 fully saturated rings. The Kier molecular flexibility index (Phi) is 3.10. The highest BCUT2D eigenvalue weighted by molar-refractivity contribution is 5.29. The van der Waals surface area contributed by atoms with E-state index in [0.717, 1.165) is 30.0 Å². The zero-order valence-electron chi connectivity index (χ0n) is 9.68. The van der Waals surface area contributed by atoms with E-state index in [-0.39, 0.29) is 6.04 Å². The van der Waals surface area contributed by atoms with E-state index in [0.29, 0.717) is 0 Å². The van der Waals surface area contributed by atoms with Crippen molar-refractivity contribution in [2.24, 2.45) is 5.73 Å². The van der Waals surface area contributed by atoms with Crippen LogP contribution in [0.2, 0.25) is 0 Å². The van der Waals surface area contributed by atoms with Gasteiger partial charge >= 0.3 is 0 Å². The molecule has 4 nitrogen and oxygen atoms in total. The van der Waals surface area contributed by atoms with Crippen LogP contribution < -0.4 is 5.73 Å². The van der Waals surface area contributed by atoms with Crippen LogP contribution in [0, 0.1) is 0 Å². The van der Waals surface area contributed by atoms with E-state index in [4.69, 9.17) is 10.2 Å². The molecule has 86 valence electrons. The van der Waals surface area contributed by atoms with Gasteiger partial charge in [0.05, 0.1) is 18.0 Å². The number of rotatable bonds is 4. The van der Waals surface area contributed by atoms with Crippen LogP contribution in [0.25, 0.3) is 0 Å². The number of hydrogen-bond acceptors (Lipinski definition) is 3. The van der Waals surface area contributed by atoms with Crippen LogP contribution in [0.4, 0.5) is 0 Å². The Balaban J connectivity index is 2.35. The Morgan fingerprint density at radius 2 is 2.25 bits per heavy atom. The summed E-state index contributed by atoms with van der Waals surface area (Å²) in [4.78, 5) is 0. The van der Waals surface area contributed by atoms with E-state index >= 15 is 0 Å². The molecule has 1 unspecified atom stereocenters. The normalized spacial score (nSPS) is 12.9. The summed E-state index contributed by atoms with van der Waals surface area (Å²) in [6, 6.07) is 3.74. The Bertz CT molecular complexity index is 416. The van der Waals surface area contributed by atoms with Gasteiger partial charge in [0.15, 0.2) is 0 Å². The van der Waals surface area contributed by atoms with Crippen LogP contribution in [-0.2, 0) is 13.0 Å². The molecule has 0 aliphatic heterocycles. The highest BCUT2D eigenvalue weighted by Gasteiger charge is 2.17. The van der Waals surface area contributed by atoms with Crippen LogP contribution in [-0.4, -0.2) is 9.78 Å². The van der Waals surface area contributed by atoms with Crippen molar-refractivity contribution >= 4 is 0 Å². The highest BCUT2D eigenvalue weighted by atomic mass is 16.3. The Morgan fingerprint density at radius 3 is 2.94 bits per heavy atom. The minimum atomic E-state index is -0.156. The number of furan rings is 1. The number of aryl methyl sites for hydroxylation is 2. The molecule has 0 aliphatic carbocycles. The maximum Gasteiger partial charge on any atom is 0.108 e. The van der Waals surface area contributed by atoms with Crippen molar-refractivity contribution in [2.45, 2.75) is 32.9 Å². The topological polar surface area (TPSA) is 57.0 Å². The zero-order chi connectivity index (χ0) is 11.5. The average molecular weight is 219 g/mol. The SMILES string of the molecule is CCc1occc1C(N)c1ccnn1CC. The monoisotopic (exact) mass is 219 g/mol. The molecule has 0 bridgehead atoms. The maximum absolute atomic E-state index is 6.24. The fourth-order valence-electron chi connectivity index (χ4n) is 1.95. The number of nitrogens with zero attached hydrogens (tertiary/aromatic N) is 2. The second-order valence-electron chi connectivity index (χ2n) is 3.70. The van der Waals surface area contributed by atoms with Gasteiger partial charge in [0, 0.05) is 24.7 Å². The van der Waals surface area contributed by atoms with E-state index in [2.05, 4.69) is 18.9 Å². The molecule has 0 saturated carbocycles. The van der Waals surface area contributed by atoms with Gasteiger partial charge in [0.2, 0.25) is 0 Å². The van der Waals surface area contributed by atoms with Gasteiger partial charge in [-0.25, -0.2) is 0 Å². The van der Waals surface area contributed by atoms with Crippen molar-refractivity contribution in [1.82, 2.24) is 9.78 Å². The molecule has 0 aromatic carbocycles. The first-order valence-electron chi connectivity index (χ1n) is 5.61. The number of aromatic nitrogens is 2. The smallest absolute Gasteiger partial charge is 0.108 e. The molecule has 2 N–H and O–H groups in total. The first-order valence-corrected chi connectivity index (χ1v) is 5.61. The predicted molar refractivity (Wildman–Crippen MR) is 62.0 cm³/mol. The molecule has 0 amide bonds. The number of hydrogen-bond donors (Lipinski definition) is 1. The van der Waals surface area contributed by atoms with E-state index in [1.807, 2.05) is 16.8 Å². The first kappa shape index (κ1) is 11.0. The zero-order valence-corrected chi connectivity index (χ0v) is 9.68. The molecule has 0 spiro atoms. The molecule has 2 aromatic rings. The third-order valence-corrected chi connectivity index (χ3v) is 2.80. The molecule has 2 rings (SSSR count). The second kappa shape index (κ2) is 4.53. The van der Waals surface area contributed by atoms with Gasteiger partial charge in [-0.2, -0.15) is 5.10 Å². The molecule has 2 aromatic heterocycles. The minimum absolute atomic E-state index is 0.156. The fourth-order valence-corrected chi connectivity index (χ4v) is 1.95. The van der Waals surface area contributed by atoms with Gasteiger partial charge in [0.1, 0.15) is 5.76 Å². The van der Waals surface area contributed by atoms with E-state index in [1.165, 1.54) is 0 Å². The summed E-state index contributed by atoms with van der Waals surface area (Å²) < 4.78 is 7.31. The Morgan fingerprint density at radius 1 is 1.44 bits per heavy atom. The molecule has 4 heteroatoms. The van der Waals surface area contributed by atoms with Crippen LogP contribution in [0.1, 0.15) is 36.9 Å². The summed E-state index contributed by atoms with van der Waals surface area (Å²) in [6.07, 6.45) is 4.33. The quantitative estimate of drug-likeness (QED) is 0.856. The minimum Gasteiger partial charge on any atom is -0.469 e. The van der Waals surface area contributed by atoms with Crippen molar-refractivity contribution in [3.63, 3.8) is 0 Å². The van der Waals surface area contributed by atoms with Gasteiger partial charge in [-0.15, -0.1) is 0 Å². The third-order valence-electron chi connectivity index (χ3n) is 2.80. The molecular formula is C12H17N3O. The van der Waals surface area contributed by atoms with Gasteiger partial charge in [-0.1, -0.05) is 6.92 Å². The van der Waals surface area contributed by atoms with Crippen LogP contribution in [0.15, 0.2) is 29.0 Å². The van der Waals surface area contributed by atoms with Crippen LogP contribution >= 0.6 is 0 Å². The summed E-state index contributed by atoms with van der Waals surface area (Å²) in [5, 5.41) is 4.23. The lowest BCUT2D eigenvalue weighted by molar-refractivity contribution is 0.506. The molecule has 0 saturated heterocycles. The predicted octanol–water partition coefficient (Wildman–Crippen LogP) is 2.11. The van der Waals surface area contributed by atoms with Gasteiger partial charge in [-0.05, 0) is 19.1 Å². The molecular weight excluding hydrogens is 202 g/mol. The fraction of sp³-hybridized carbons (Fsp3) is 0.417. The van der Waals surface area contributed by atoms with Crippen LogP contribution in [0.3, 0.4) is 0 Å². The summed E-state index contributed by atoms with van der Waals surface area (Å²) in [5.74, 6) is 0.955. The van der Waals surface area contributed by atoms with E-state index in [1.54, 1.807) is 12.5 Å². The van der Waals surface area contributed by atoms with Crippen LogP contribution in [0.5, 0.6) is 0 Å². The lowest BCUT2D eigenvalue weighted by Gasteiger charge is -2.13. The van der Waals surface area contributed by atoms with E-state index < -0.39 is 0 Å². The highest BCUT2D eigenvalue weighted by Crippen LogP contribution is 2.24. The van der Waals surface area contributed by atoms with E-state index in [9.17, 15) is 0 Å². The Hall–Kier alpha value is -1.55. The summed E-state index contributed by atoms with van der Waals surface area (Å²) in [6.45, 7) is 4.95. The molecule has 2 heterocycles. The maximum atomic E-state index is 6.24. The second-order valence-corrected chi connectivity index (χ2v) is 3.70. The molecule has 0 aliphatic rings. The summed E-state index contributed by atoms with van der Waals surface area (Å²) in [7, 11) is 0. The third kappa shape index (κ3) is 1.76. The van der Waals surface area contributed by atoms with Crippen molar-refractivity contribution in [2.75, 3.05) is 0 Å². The van der Waals surface area contributed by atoms with Gasteiger partial charge < -0.3 is 10.2 Å². The Labute approximate surface area is 95.1 Å². The lowest BCUT2D eigenvalue weighted by Crippen LogP contribution is -2.17. The standard InChI is InChI=1S/C12H17N3O/c1-3-11-9(6-8-16-11)12(13)10-5-7-14-15(10)4-2/h5-8,12H,3-4,13H2,1-2H3. The largest absolute Gasteiger partial charge is 0.469 e. The van der Waals surface area contributed by atoms with Gasteiger partial charge in [0.25, 0.3) is 0 Å². The van der Waals surface area contributed by atoms with Gasteiger partial charge in [-0.3, -0.25) is 4.68 Å². The van der Waals surface area contributed by atoms with Crippen molar-refractivity contribution in [3.8, 4) is 0 Å². The summed E-state index contributed by atoms with van der Waals surface area (Å²) >= 11 is 0. The average Bonchev–Trinajstić information content (AvgIpc) is 2.96. The number of nitrogens with two attached hydrogens (primary N) is 1. The van der Waals surface area contributed by atoms with Crippen molar-refractivity contribution in [1.29, 1.82) is 0 Å². The van der Waals surface area contributed by atoms with Crippen molar-refractivity contribution in [3.05, 3.63) is 41.6 Å². The molecule has 1 atom stereocenters.